The molecule has 0 aromatic carbocycles. The van der Waals surface area contributed by atoms with Gasteiger partial charge in [0, 0.05) is 44.9 Å². The lowest BCUT2D eigenvalue weighted by atomic mass is 9.81. The number of allylic oxidation sites excluding steroid dienone is 1. The maximum absolute atomic E-state index is 14.9. The highest BCUT2D eigenvalue weighted by atomic mass is 32.2. The minimum absolute atomic E-state index is 0.00901. The van der Waals surface area contributed by atoms with Crippen molar-refractivity contribution in [2.45, 2.75) is 135 Å². The molecule has 12 heteroatoms. The quantitative estimate of drug-likeness (QED) is 0.157. The molecule has 1 unspecified atom stereocenters. The summed E-state index contributed by atoms with van der Waals surface area (Å²) in [5.41, 5.74) is -0.316. The number of amides is 3. The first kappa shape index (κ1) is 39.6. The summed E-state index contributed by atoms with van der Waals surface area (Å²) in [5.74, 6) is -1.50. The van der Waals surface area contributed by atoms with Gasteiger partial charge in [-0.25, -0.2) is 17.5 Å². The van der Waals surface area contributed by atoms with Crippen molar-refractivity contribution in [3.8, 4) is 0 Å². The topological polar surface area (TPSA) is 150 Å². The fourth-order valence-electron chi connectivity index (χ4n) is 9.26. The van der Waals surface area contributed by atoms with Crippen molar-refractivity contribution in [3.63, 3.8) is 0 Å². The van der Waals surface area contributed by atoms with Crippen LogP contribution in [0, 0.1) is 40.4 Å². The van der Waals surface area contributed by atoms with Crippen molar-refractivity contribution in [3.05, 3.63) is 12.7 Å². The van der Waals surface area contributed by atoms with Gasteiger partial charge >= 0.3 is 6.03 Å². The Balaban J connectivity index is 1.39. The number of likely N-dealkylation sites (tertiary alicyclic amines) is 1. The number of nitrogens with one attached hydrogen (secondary N) is 2. The van der Waals surface area contributed by atoms with E-state index in [2.05, 4.69) is 17.2 Å². The maximum Gasteiger partial charge on any atom is 0.315 e. The van der Waals surface area contributed by atoms with Gasteiger partial charge in [-0.15, -0.1) is 6.58 Å². The molecule has 2 N–H and O–H groups in total. The Kier molecular flexibility index (Phi) is 12.3. The van der Waals surface area contributed by atoms with E-state index in [9.17, 15) is 32.4 Å². The van der Waals surface area contributed by atoms with Gasteiger partial charge in [-0.3, -0.25) is 19.2 Å². The zero-order valence-corrected chi connectivity index (χ0v) is 32.4. The second kappa shape index (κ2) is 15.8. The van der Waals surface area contributed by atoms with Crippen molar-refractivity contribution < 1.29 is 32.4 Å². The predicted molar refractivity (Wildman–Crippen MR) is 196 cm³/mol. The molecule has 5 rings (SSSR count). The van der Waals surface area contributed by atoms with Crippen LogP contribution in [0.3, 0.4) is 0 Å². The van der Waals surface area contributed by atoms with Crippen LogP contribution in [0.25, 0.3) is 0 Å². The van der Waals surface area contributed by atoms with Crippen LogP contribution in [0.2, 0.25) is 0 Å². The van der Waals surface area contributed by atoms with Gasteiger partial charge in [0.1, 0.15) is 6.04 Å². The van der Waals surface area contributed by atoms with Gasteiger partial charge in [-0.2, -0.15) is 0 Å². The number of urea groups is 1. The van der Waals surface area contributed by atoms with E-state index in [-0.39, 0.29) is 54.2 Å². The third-order valence-electron chi connectivity index (χ3n) is 12.9. The summed E-state index contributed by atoms with van der Waals surface area (Å²) in [6.07, 6.45) is 14.4. The summed E-state index contributed by atoms with van der Waals surface area (Å²) < 4.78 is 25.7. The van der Waals surface area contributed by atoms with E-state index >= 15 is 0 Å². The number of carbonyl (C=O) groups excluding carboxylic acids is 5. The van der Waals surface area contributed by atoms with Gasteiger partial charge in [0.25, 0.3) is 0 Å². The third kappa shape index (κ3) is 9.50. The van der Waals surface area contributed by atoms with Gasteiger partial charge in [0.2, 0.25) is 21.7 Å². The fourth-order valence-corrected chi connectivity index (χ4v) is 9.68. The van der Waals surface area contributed by atoms with Crippen LogP contribution < -0.4 is 10.6 Å². The second-order valence-electron chi connectivity index (χ2n) is 17.7. The lowest BCUT2D eigenvalue weighted by Crippen LogP contribution is -2.60. The van der Waals surface area contributed by atoms with Crippen molar-refractivity contribution in [1.29, 1.82) is 0 Å². The summed E-state index contributed by atoms with van der Waals surface area (Å²) in [4.78, 5) is 71.3. The lowest BCUT2D eigenvalue weighted by molar-refractivity contribution is -0.143. The van der Waals surface area contributed by atoms with Crippen LogP contribution in [0.1, 0.15) is 117 Å². The highest BCUT2D eigenvalue weighted by Gasteiger charge is 2.63. The predicted octanol–water partition coefficient (Wildman–Crippen LogP) is 5.04. The highest BCUT2D eigenvalue weighted by molar-refractivity contribution is 7.88. The van der Waals surface area contributed by atoms with Crippen LogP contribution in [0.15, 0.2) is 12.7 Å². The number of fused-ring (bicyclic) bond motifs is 2. The molecule has 0 radical (unpaired) electrons. The molecule has 286 valence electrons. The minimum atomic E-state index is -3.49. The molecular formula is C39H62N4O7S. The molecule has 1 saturated heterocycles. The van der Waals surface area contributed by atoms with E-state index in [4.69, 9.17) is 0 Å². The summed E-state index contributed by atoms with van der Waals surface area (Å²) in [7, 11) is -2.00. The number of sulfonamides is 1. The Morgan fingerprint density at radius 3 is 2.22 bits per heavy atom. The Bertz CT molecular complexity index is 1460. The normalized spacial score (nSPS) is 26.3. The molecule has 1 spiro atoms. The minimum Gasteiger partial charge on any atom is -0.334 e. The van der Waals surface area contributed by atoms with E-state index in [1.165, 1.54) is 11.4 Å². The molecule has 5 aliphatic rings. The maximum atomic E-state index is 14.9. The lowest BCUT2D eigenvalue weighted by Gasteiger charge is -2.37. The third-order valence-corrected chi connectivity index (χ3v) is 14.2. The van der Waals surface area contributed by atoms with Crippen molar-refractivity contribution in [2.75, 3.05) is 26.4 Å². The van der Waals surface area contributed by atoms with Gasteiger partial charge < -0.3 is 15.5 Å². The Morgan fingerprint density at radius 2 is 1.65 bits per heavy atom. The molecule has 3 amide bonds. The number of hydrogen-bond donors (Lipinski definition) is 2. The monoisotopic (exact) mass is 730 g/mol. The summed E-state index contributed by atoms with van der Waals surface area (Å²) in [6, 6.07) is -2.59. The van der Waals surface area contributed by atoms with E-state index in [1.54, 1.807) is 11.0 Å². The van der Waals surface area contributed by atoms with Crippen molar-refractivity contribution in [2.24, 2.45) is 40.4 Å². The summed E-state index contributed by atoms with van der Waals surface area (Å²) >= 11 is 0. The largest absolute Gasteiger partial charge is 0.334 e. The number of hydrogen-bond acceptors (Lipinski definition) is 7. The van der Waals surface area contributed by atoms with E-state index in [1.807, 2.05) is 20.8 Å². The number of Topliss-reactive ketones (excluding diaryl/α,β-unsaturated/α-hetero) is 3. The van der Waals surface area contributed by atoms with Gasteiger partial charge in [0.05, 0.1) is 12.3 Å². The molecule has 0 aromatic heterocycles. The summed E-state index contributed by atoms with van der Waals surface area (Å²) in [6.45, 7) is 10.00. The van der Waals surface area contributed by atoms with Crippen LogP contribution in [-0.2, 0) is 29.2 Å². The molecule has 11 nitrogen and oxygen atoms in total. The first-order valence-corrected chi connectivity index (χ1v) is 21.3. The average molecular weight is 731 g/mol. The van der Waals surface area contributed by atoms with Crippen LogP contribution >= 0.6 is 0 Å². The molecule has 4 aliphatic carbocycles. The van der Waals surface area contributed by atoms with E-state index in [0.29, 0.717) is 25.3 Å². The number of likely N-dealkylation sites (N-methyl/N-ethyl adjacent to an activating group) is 1. The molecular weight excluding hydrogens is 669 g/mol. The molecule has 0 aromatic rings. The Morgan fingerprint density at radius 1 is 0.980 bits per heavy atom. The number of nitrogens with zero attached hydrogens (tertiary/aromatic N) is 2. The molecule has 1 heterocycles. The average Bonchev–Trinajstić information content (AvgIpc) is 3.98. The molecule has 6 atom stereocenters. The number of rotatable bonds is 17. The van der Waals surface area contributed by atoms with Crippen molar-refractivity contribution in [1.82, 2.24) is 19.8 Å². The highest BCUT2D eigenvalue weighted by Crippen LogP contribution is 2.66. The van der Waals surface area contributed by atoms with Crippen LogP contribution in [0.5, 0.6) is 0 Å². The fraction of sp³-hybridized carbons (Fsp3) is 0.821. The molecule has 0 bridgehead atoms. The first-order valence-electron chi connectivity index (χ1n) is 19.4. The number of carbonyl (C=O) groups is 5. The zero-order chi connectivity index (χ0) is 37.3. The van der Waals surface area contributed by atoms with E-state index < -0.39 is 57.1 Å². The number of ketones is 3. The smallest absolute Gasteiger partial charge is 0.315 e. The van der Waals surface area contributed by atoms with Gasteiger partial charge in [0.15, 0.2) is 11.6 Å². The molecule has 5 fully saturated rings. The molecule has 4 saturated carbocycles. The molecule has 51 heavy (non-hydrogen) atoms. The SMILES string of the molecule is C=CCCC(=O)C(=O)C(CC(=O)[C@@H]1[C@H]2CCC3(CC3)[C@H]2CN1C(=O)[C@@H](NC(=O)N[C@H](CN(C)S(C)(=O)=O)C(C)(C)C)C1CCCCC1)CC1CC1. The standard InChI is InChI=1S/C39H62N4O7S/c1-7-8-14-30(44)35(46)27(21-25-15-16-25)22-31(45)34-28-17-18-39(19-20-39)29(28)23-43(34)36(47)33(26-12-10-9-11-13-26)41-37(48)40-32(38(2,3)4)24-42(5)51(6,49)50/h7,25-29,32-34H,1,8-24H2,2-6H3,(H2,40,41,48)/t27?,28-,29-,32+,33-,34-/m0/s1. The molecule has 1 aliphatic heterocycles. The Labute approximate surface area is 305 Å². The van der Waals surface area contributed by atoms with Crippen LogP contribution in [-0.4, -0.2) is 91.4 Å². The van der Waals surface area contributed by atoms with Crippen LogP contribution in [0.4, 0.5) is 4.79 Å². The van der Waals surface area contributed by atoms with E-state index in [0.717, 1.165) is 76.9 Å². The van der Waals surface area contributed by atoms with Crippen molar-refractivity contribution >= 4 is 39.3 Å². The zero-order valence-electron chi connectivity index (χ0n) is 31.6. The van der Waals surface area contributed by atoms with Gasteiger partial charge in [-0.05, 0) is 85.9 Å². The second-order valence-corrected chi connectivity index (χ2v) is 19.8. The van der Waals surface area contributed by atoms with Gasteiger partial charge in [-0.1, -0.05) is 59.0 Å². The Hall–Kier alpha value is -2.60. The first-order chi connectivity index (χ1) is 23.9. The summed E-state index contributed by atoms with van der Waals surface area (Å²) in [5, 5.41) is 6.03.